The minimum Gasteiger partial charge on any atom is -0.383 e. The van der Waals surface area contributed by atoms with Gasteiger partial charge in [0.2, 0.25) is 0 Å². The number of rotatable bonds is 6. The molecule has 1 atom stereocenters. The number of nitrogens with one attached hydrogen (secondary N) is 3. The maximum absolute atomic E-state index is 5.26. The second kappa shape index (κ2) is 8.60. The van der Waals surface area contributed by atoms with Crippen LogP contribution in [0.25, 0.3) is 22.2 Å². The van der Waals surface area contributed by atoms with Gasteiger partial charge >= 0.3 is 0 Å². The molecule has 6 heteroatoms. The molecule has 26 heavy (non-hydrogen) atoms. The van der Waals surface area contributed by atoms with Crippen molar-refractivity contribution in [2.75, 3.05) is 13.7 Å². The lowest BCUT2D eigenvalue weighted by molar-refractivity contribution is 0.179. The third kappa shape index (κ3) is 4.28. The molecule has 0 fully saturated rings. The van der Waals surface area contributed by atoms with Crippen molar-refractivity contribution < 1.29 is 4.74 Å². The van der Waals surface area contributed by atoms with Gasteiger partial charge in [-0.3, -0.25) is 5.43 Å². The van der Waals surface area contributed by atoms with Gasteiger partial charge in [-0.05, 0) is 30.8 Å². The molecule has 1 aromatic heterocycles. The Morgan fingerprint density at radius 3 is 2.69 bits per heavy atom. The maximum atomic E-state index is 5.26. The molecule has 1 heterocycles. The molecule has 0 aliphatic carbocycles. The first kappa shape index (κ1) is 18.1. The van der Waals surface area contributed by atoms with Crippen LogP contribution >= 0.6 is 12.2 Å². The number of fused-ring (bicyclic) bond motifs is 1. The third-order valence-electron chi connectivity index (χ3n) is 3.96. The molecule has 0 aliphatic rings. The summed E-state index contributed by atoms with van der Waals surface area (Å²) in [7, 11) is 1.66. The van der Waals surface area contributed by atoms with Crippen molar-refractivity contribution in [1.82, 2.24) is 15.7 Å². The standard InChI is InChI=1S/C20H22N4OS/c1-14(13-25-2)22-20(26)24-21-12-17-16-10-6-7-11-18(16)23-19(17)15-8-4-3-5-9-15/h3-12,14,23H,13H2,1-2H3,(H2,22,24,26)/b21-12+/t14-/m0/s1. The Kier molecular flexibility index (Phi) is 5.99. The van der Waals surface area contributed by atoms with Crippen LogP contribution in [-0.4, -0.2) is 36.1 Å². The molecule has 0 radical (unpaired) electrons. The second-order valence-corrected chi connectivity index (χ2v) is 6.43. The summed E-state index contributed by atoms with van der Waals surface area (Å²) in [4.78, 5) is 3.48. The van der Waals surface area contributed by atoms with Crippen LogP contribution in [0.2, 0.25) is 0 Å². The van der Waals surface area contributed by atoms with Gasteiger partial charge in [-0.15, -0.1) is 0 Å². The summed E-state index contributed by atoms with van der Waals surface area (Å²) >= 11 is 5.26. The zero-order chi connectivity index (χ0) is 18.4. The molecule has 5 nitrogen and oxygen atoms in total. The van der Waals surface area contributed by atoms with Crippen LogP contribution in [0, 0.1) is 0 Å². The van der Waals surface area contributed by atoms with Crippen molar-refractivity contribution >= 4 is 34.4 Å². The van der Waals surface area contributed by atoms with Crippen molar-refractivity contribution in [3.05, 3.63) is 60.2 Å². The number of para-hydroxylation sites is 1. The molecule has 3 N–H and O–H groups in total. The van der Waals surface area contributed by atoms with E-state index in [-0.39, 0.29) is 6.04 Å². The minimum atomic E-state index is 0.114. The highest BCUT2D eigenvalue weighted by atomic mass is 32.1. The number of hydrogen-bond donors (Lipinski definition) is 3. The van der Waals surface area contributed by atoms with Gasteiger partial charge in [0.25, 0.3) is 0 Å². The van der Waals surface area contributed by atoms with E-state index in [1.54, 1.807) is 13.3 Å². The fourth-order valence-corrected chi connectivity index (χ4v) is 3.09. The van der Waals surface area contributed by atoms with E-state index in [0.717, 1.165) is 27.7 Å². The summed E-state index contributed by atoms with van der Waals surface area (Å²) in [5, 5.41) is 9.02. The van der Waals surface area contributed by atoms with Crippen molar-refractivity contribution in [3.8, 4) is 11.3 Å². The molecule has 3 aromatic rings. The van der Waals surface area contributed by atoms with Crippen LogP contribution in [0.4, 0.5) is 0 Å². The molecule has 0 amide bonds. The van der Waals surface area contributed by atoms with Crippen LogP contribution in [0.5, 0.6) is 0 Å². The number of aromatic amines is 1. The first-order valence-corrected chi connectivity index (χ1v) is 8.84. The molecular formula is C20H22N4OS. The van der Waals surface area contributed by atoms with Crippen molar-refractivity contribution in [3.63, 3.8) is 0 Å². The third-order valence-corrected chi connectivity index (χ3v) is 4.17. The lowest BCUT2D eigenvalue weighted by Gasteiger charge is -2.13. The van der Waals surface area contributed by atoms with Crippen molar-refractivity contribution in [2.45, 2.75) is 13.0 Å². The van der Waals surface area contributed by atoms with Gasteiger partial charge in [-0.1, -0.05) is 48.5 Å². The van der Waals surface area contributed by atoms with Gasteiger partial charge in [0, 0.05) is 29.6 Å². The predicted octanol–water partition coefficient (Wildman–Crippen LogP) is 3.67. The summed E-state index contributed by atoms with van der Waals surface area (Å²) in [5.74, 6) is 0. The normalized spacial score (nSPS) is 12.4. The highest BCUT2D eigenvalue weighted by Gasteiger charge is 2.11. The number of H-pyrrole nitrogens is 1. The first-order valence-electron chi connectivity index (χ1n) is 8.43. The average Bonchev–Trinajstić information content (AvgIpc) is 3.01. The zero-order valence-electron chi connectivity index (χ0n) is 14.8. The van der Waals surface area contributed by atoms with Gasteiger partial charge < -0.3 is 15.0 Å². The Hall–Kier alpha value is -2.70. The van der Waals surface area contributed by atoms with Gasteiger partial charge in [-0.25, -0.2) is 0 Å². The van der Waals surface area contributed by atoms with Crippen molar-refractivity contribution in [1.29, 1.82) is 0 Å². The van der Waals surface area contributed by atoms with Crippen LogP contribution in [-0.2, 0) is 4.74 Å². The minimum absolute atomic E-state index is 0.114. The number of thiocarbonyl (C=S) groups is 1. The molecule has 2 aromatic carbocycles. The lowest BCUT2D eigenvalue weighted by Crippen LogP contribution is -2.40. The molecule has 0 bridgehead atoms. The molecule has 134 valence electrons. The maximum Gasteiger partial charge on any atom is 0.187 e. The number of aromatic nitrogens is 1. The topological polar surface area (TPSA) is 61.4 Å². The summed E-state index contributed by atoms with van der Waals surface area (Å²) < 4.78 is 5.09. The summed E-state index contributed by atoms with van der Waals surface area (Å²) in [6, 6.07) is 18.5. The number of benzene rings is 2. The van der Waals surface area contributed by atoms with Crippen LogP contribution in [0.15, 0.2) is 59.7 Å². The molecule has 0 saturated carbocycles. The molecule has 3 rings (SSSR count). The van der Waals surface area contributed by atoms with E-state index in [1.165, 1.54) is 0 Å². The van der Waals surface area contributed by atoms with E-state index in [2.05, 4.69) is 45.1 Å². The van der Waals surface area contributed by atoms with Gasteiger partial charge in [-0.2, -0.15) is 5.10 Å². The van der Waals surface area contributed by atoms with Gasteiger partial charge in [0.1, 0.15) is 0 Å². The largest absolute Gasteiger partial charge is 0.383 e. The molecule has 0 aliphatic heterocycles. The number of hydrogen-bond acceptors (Lipinski definition) is 3. The summed E-state index contributed by atoms with van der Waals surface area (Å²) in [6.07, 6.45) is 1.80. The fourth-order valence-electron chi connectivity index (χ4n) is 2.83. The monoisotopic (exact) mass is 366 g/mol. The van der Waals surface area contributed by atoms with Crippen LogP contribution < -0.4 is 10.7 Å². The number of methoxy groups -OCH3 is 1. The molecule has 0 unspecified atom stereocenters. The van der Waals surface area contributed by atoms with E-state index in [4.69, 9.17) is 17.0 Å². The zero-order valence-corrected chi connectivity index (χ0v) is 15.6. The van der Waals surface area contributed by atoms with E-state index >= 15 is 0 Å². The number of nitrogens with zero attached hydrogens (tertiary/aromatic N) is 1. The Bertz CT molecular complexity index is 905. The van der Waals surface area contributed by atoms with E-state index < -0.39 is 0 Å². The van der Waals surface area contributed by atoms with Gasteiger partial charge in [0.05, 0.1) is 18.5 Å². The van der Waals surface area contributed by atoms with E-state index in [1.807, 2.05) is 37.3 Å². The Labute approximate surface area is 158 Å². The summed E-state index contributed by atoms with van der Waals surface area (Å²) in [5.41, 5.74) is 7.11. The Balaban J connectivity index is 1.84. The fraction of sp³-hybridized carbons (Fsp3) is 0.200. The Morgan fingerprint density at radius 1 is 1.19 bits per heavy atom. The highest BCUT2D eigenvalue weighted by molar-refractivity contribution is 7.80. The predicted molar refractivity (Wildman–Crippen MR) is 112 cm³/mol. The van der Waals surface area contributed by atoms with Crippen LogP contribution in [0.1, 0.15) is 12.5 Å². The van der Waals surface area contributed by atoms with Crippen molar-refractivity contribution in [2.24, 2.45) is 5.10 Å². The number of hydrazone groups is 1. The highest BCUT2D eigenvalue weighted by Crippen LogP contribution is 2.28. The Morgan fingerprint density at radius 2 is 1.92 bits per heavy atom. The molecular weight excluding hydrogens is 344 g/mol. The lowest BCUT2D eigenvalue weighted by atomic mass is 10.1. The second-order valence-electron chi connectivity index (χ2n) is 6.03. The summed E-state index contributed by atoms with van der Waals surface area (Å²) in [6.45, 7) is 2.57. The van der Waals surface area contributed by atoms with E-state index in [9.17, 15) is 0 Å². The van der Waals surface area contributed by atoms with Gasteiger partial charge in [0.15, 0.2) is 5.11 Å². The SMILES string of the molecule is COC[C@H](C)NC(=S)N/N=C/c1c(-c2ccccc2)[nH]c2ccccc12. The first-order chi connectivity index (χ1) is 12.7. The molecule has 0 saturated heterocycles. The van der Waals surface area contributed by atoms with Crippen LogP contribution in [0.3, 0.4) is 0 Å². The number of ether oxygens (including phenoxy) is 1. The van der Waals surface area contributed by atoms with E-state index in [0.29, 0.717) is 11.7 Å². The smallest absolute Gasteiger partial charge is 0.187 e. The molecule has 0 spiro atoms. The average molecular weight is 366 g/mol. The quantitative estimate of drug-likeness (QED) is 0.354.